The third kappa shape index (κ3) is 5.31. The van der Waals surface area contributed by atoms with Crippen molar-refractivity contribution in [3.8, 4) is 5.75 Å². The number of carbonyl (C=O) groups excluding carboxylic acids is 2. The molecule has 0 fully saturated rings. The predicted molar refractivity (Wildman–Crippen MR) is 81.8 cm³/mol. The van der Waals surface area contributed by atoms with Gasteiger partial charge in [0.05, 0.1) is 0 Å². The molecule has 2 rings (SSSR count). The molecule has 0 radical (unpaired) electrons. The van der Waals surface area contributed by atoms with Crippen LogP contribution in [0.3, 0.4) is 0 Å². The summed E-state index contributed by atoms with van der Waals surface area (Å²) in [6.07, 6.45) is -4.80. The molecular formula is C16H13F3N2O3. The fourth-order valence-electron chi connectivity index (χ4n) is 1.88. The molecule has 0 aliphatic carbocycles. The molecule has 0 spiro atoms. The molecule has 0 saturated heterocycles. The van der Waals surface area contributed by atoms with E-state index in [-0.39, 0.29) is 17.2 Å². The number of carbonyl (C=O) groups is 2. The van der Waals surface area contributed by atoms with Crippen LogP contribution in [0.15, 0.2) is 48.5 Å². The SMILES string of the molecule is CC(=O)Nc1ccc(C(=O)Nc2cccc(OC(F)(F)F)c2)cc1. The first-order valence-corrected chi connectivity index (χ1v) is 6.78. The molecule has 0 aliphatic heterocycles. The van der Waals surface area contributed by atoms with E-state index in [1.165, 1.54) is 31.2 Å². The summed E-state index contributed by atoms with van der Waals surface area (Å²) in [7, 11) is 0. The highest BCUT2D eigenvalue weighted by Crippen LogP contribution is 2.25. The van der Waals surface area contributed by atoms with Gasteiger partial charge in [-0.3, -0.25) is 9.59 Å². The Kier molecular flexibility index (Phi) is 5.08. The molecule has 0 heterocycles. The number of nitrogens with one attached hydrogen (secondary N) is 2. The average Bonchev–Trinajstić information content (AvgIpc) is 2.45. The van der Waals surface area contributed by atoms with Crippen LogP contribution >= 0.6 is 0 Å². The standard InChI is InChI=1S/C16H13F3N2O3/c1-10(22)20-12-7-5-11(6-8-12)15(23)21-13-3-2-4-14(9-13)24-16(17,18)19/h2-9H,1H3,(H,20,22)(H,21,23). The van der Waals surface area contributed by atoms with Crippen molar-refractivity contribution in [2.45, 2.75) is 13.3 Å². The Morgan fingerprint density at radius 1 is 0.958 bits per heavy atom. The van der Waals surface area contributed by atoms with Crippen LogP contribution < -0.4 is 15.4 Å². The van der Waals surface area contributed by atoms with E-state index in [1.54, 1.807) is 12.1 Å². The predicted octanol–water partition coefficient (Wildman–Crippen LogP) is 3.80. The monoisotopic (exact) mass is 338 g/mol. The smallest absolute Gasteiger partial charge is 0.406 e. The lowest BCUT2D eigenvalue weighted by atomic mass is 10.2. The summed E-state index contributed by atoms with van der Waals surface area (Å²) in [5.41, 5.74) is 0.971. The maximum Gasteiger partial charge on any atom is 0.573 e. The molecule has 5 nitrogen and oxygen atoms in total. The number of hydrogen-bond acceptors (Lipinski definition) is 3. The van der Waals surface area contributed by atoms with Crippen LogP contribution in [0.25, 0.3) is 0 Å². The lowest BCUT2D eigenvalue weighted by molar-refractivity contribution is -0.274. The summed E-state index contributed by atoms with van der Waals surface area (Å²) < 4.78 is 40.4. The zero-order valence-electron chi connectivity index (χ0n) is 12.5. The number of halogens is 3. The third-order valence-electron chi connectivity index (χ3n) is 2.79. The van der Waals surface area contributed by atoms with Gasteiger partial charge in [-0.25, -0.2) is 0 Å². The molecule has 2 N–H and O–H groups in total. The molecular weight excluding hydrogens is 325 g/mol. The fourth-order valence-corrected chi connectivity index (χ4v) is 1.88. The van der Waals surface area contributed by atoms with Gasteiger partial charge in [0, 0.05) is 29.9 Å². The van der Waals surface area contributed by atoms with Gasteiger partial charge in [0.15, 0.2) is 0 Å². The Morgan fingerprint density at radius 3 is 2.21 bits per heavy atom. The maximum atomic E-state index is 12.2. The van der Waals surface area contributed by atoms with Crippen molar-refractivity contribution in [1.82, 2.24) is 0 Å². The molecule has 2 aromatic carbocycles. The third-order valence-corrected chi connectivity index (χ3v) is 2.79. The minimum absolute atomic E-state index is 0.160. The molecule has 126 valence electrons. The van der Waals surface area contributed by atoms with Gasteiger partial charge in [-0.05, 0) is 36.4 Å². The van der Waals surface area contributed by atoms with Crippen LogP contribution in [0.1, 0.15) is 17.3 Å². The number of rotatable bonds is 4. The number of anilines is 2. The lowest BCUT2D eigenvalue weighted by Gasteiger charge is -2.11. The van der Waals surface area contributed by atoms with Gasteiger partial charge in [0.2, 0.25) is 5.91 Å². The second-order valence-electron chi connectivity index (χ2n) is 4.79. The minimum Gasteiger partial charge on any atom is -0.406 e. The molecule has 0 unspecified atom stereocenters. The summed E-state index contributed by atoms with van der Waals surface area (Å²) in [4.78, 5) is 23.0. The van der Waals surface area contributed by atoms with Crippen LogP contribution in [-0.2, 0) is 4.79 Å². The van der Waals surface area contributed by atoms with E-state index in [1.807, 2.05) is 0 Å². The van der Waals surface area contributed by atoms with Gasteiger partial charge in [-0.15, -0.1) is 13.2 Å². The lowest BCUT2D eigenvalue weighted by Crippen LogP contribution is -2.17. The largest absolute Gasteiger partial charge is 0.573 e. The zero-order chi connectivity index (χ0) is 17.7. The number of ether oxygens (including phenoxy) is 1. The molecule has 0 aliphatic rings. The van der Waals surface area contributed by atoms with Crippen molar-refractivity contribution in [1.29, 1.82) is 0 Å². The van der Waals surface area contributed by atoms with E-state index in [0.29, 0.717) is 5.69 Å². The molecule has 24 heavy (non-hydrogen) atoms. The van der Waals surface area contributed by atoms with Crippen LogP contribution in [0.2, 0.25) is 0 Å². The Balaban J connectivity index is 2.06. The van der Waals surface area contributed by atoms with Crippen molar-refractivity contribution in [3.05, 3.63) is 54.1 Å². The van der Waals surface area contributed by atoms with Gasteiger partial charge >= 0.3 is 6.36 Å². The summed E-state index contributed by atoms with van der Waals surface area (Å²) >= 11 is 0. The van der Waals surface area contributed by atoms with Gasteiger partial charge < -0.3 is 15.4 Å². The van der Waals surface area contributed by atoms with E-state index in [0.717, 1.165) is 12.1 Å². The Hall–Kier alpha value is -3.03. The van der Waals surface area contributed by atoms with E-state index >= 15 is 0 Å². The Labute approximate surface area is 135 Å². The van der Waals surface area contributed by atoms with Crippen molar-refractivity contribution in [2.24, 2.45) is 0 Å². The average molecular weight is 338 g/mol. The number of hydrogen-bond donors (Lipinski definition) is 2. The van der Waals surface area contributed by atoms with Crippen molar-refractivity contribution in [3.63, 3.8) is 0 Å². The molecule has 2 amide bonds. The number of amides is 2. The molecule has 2 aromatic rings. The van der Waals surface area contributed by atoms with Gasteiger partial charge in [-0.2, -0.15) is 0 Å². The van der Waals surface area contributed by atoms with E-state index in [4.69, 9.17) is 0 Å². The first-order valence-electron chi connectivity index (χ1n) is 6.78. The molecule has 0 aromatic heterocycles. The van der Waals surface area contributed by atoms with Gasteiger partial charge in [-0.1, -0.05) is 6.07 Å². The van der Waals surface area contributed by atoms with Crippen molar-refractivity contribution >= 4 is 23.2 Å². The normalized spacial score (nSPS) is 10.8. The second-order valence-corrected chi connectivity index (χ2v) is 4.79. The second kappa shape index (κ2) is 7.03. The molecule has 8 heteroatoms. The van der Waals surface area contributed by atoms with Crippen molar-refractivity contribution in [2.75, 3.05) is 10.6 Å². The summed E-state index contributed by atoms with van der Waals surface area (Å²) in [6, 6.07) is 11.0. The van der Waals surface area contributed by atoms with E-state index in [2.05, 4.69) is 15.4 Å². The van der Waals surface area contributed by atoms with Crippen LogP contribution in [0.4, 0.5) is 24.5 Å². The first kappa shape index (κ1) is 17.3. The highest BCUT2D eigenvalue weighted by molar-refractivity contribution is 6.04. The summed E-state index contributed by atoms with van der Waals surface area (Å²) in [5, 5.41) is 5.03. The topological polar surface area (TPSA) is 67.4 Å². The minimum atomic E-state index is -4.80. The van der Waals surface area contributed by atoms with Crippen LogP contribution in [-0.4, -0.2) is 18.2 Å². The van der Waals surface area contributed by atoms with E-state index in [9.17, 15) is 22.8 Å². The van der Waals surface area contributed by atoms with Crippen LogP contribution in [0, 0.1) is 0 Å². The highest BCUT2D eigenvalue weighted by atomic mass is 19.4. The number of benzene rings is 2. The van der Waals surface area contributed by atoms with E-state index < -0.39 is 18.0 Å². The Morgan fingerprint density at radius 2 is 1.62 bits per heavy atom. The summed E-state index contributed by atoms with van der Waals surface area (Å²) in [5.74, 6) is -1.18. The highest BCUT2D eigenvalue weighted by Gasteiger charge is 2.31. The fraction of sp³-hybridized carbons (Fsp3) is 0.125. The molecule has 0 saturated carbocycles. The summed E-state index contributed by atoms with van der Waals surface area (Å²) in [6.45, 7) is 1.36. The first-order chi connectivity index (χ1) is 11.2. The van der Waals surface area contributed by atoms with Crippen molar-refractivity contribution < 1.29 is 27.5 Å². The van der Waals surface area contributed by atoms with Crippen LogP contribution in [0.5, 0.6) is 5.75 Å². The van der Waals surface area contributed by atoms with Gasteiger partial charge in [0.1, 0.15) is 5.75 Å². The Bertz CT molecular complexity index is 743. The number of alkyl halides is 3. The molecule has 0 bridgehead atoms. The molecule has 0 atom stereocenters. The zero-order valence-corrected chi connectivity index (χ0v) is 12.5. The maximum absolute atomic E-state index is 12.2. The quantitative estimate of drug-likeness (QED) is 0.891. The van der Waals surface area contributed by atoms with Gasteiger partial charge in [0.25, 0.3) is 5.91 Å².